The summed E-state index contributed by atoms with van der Waals surface area (Å²) in [4.78, 5) is 15.5. The number of fused-ring (bicyclic) bond motifs is 1. The number of carbonyl (C=O) groups excluding carboxylic acids is 1. The lowest BCUT2D eigenvalue weighted by Gasteiger charge is -2.22. The molecular weight excluding hydrogens is 364 g/mol. The average molecular weight is 392 g/mol. The third-order valence-corrected chi connectivity index (χ3v) is 5.83. The summed E-state index contributed by atoms with van der Waals surface area (Å²) in [7, 11) is 3.30. The van der Waals surface area contributed by atoms with Crippen molar-refractivity contribution in [3.8, 4) is 22.8 Å². The molecule has 2 aromatic carbocycles. The van der Waals surface area contributed by atoms with Crippen molar-refractivity contribution in [3.63, 3.8) is 0 Å². The van der Waals surface area contributed by atoms with Gasteiger partial charge < -0.3 is 19.8 Å². The topological polar surface area (TPSA) is 63.3 Å². The zero-order valence-corrected chi connectivity index (χ0v) is 17.5. The van der Waals surface area contributed by atoms with Gasteiger partial charge in [0.05, 0.1) is 19.9 Å². The van der Waals surface area contributed by atoms with E-state index in [-0.39, 0.29) is 11.8 Å². The van der Waals surface area contributed by atoms with Gasteiger partial charge in [-0.25, -0.2) is 0 Å². The second-order valence-corrected chi connectivity index (χ2v) is 7.98. The first-order valence-electron chi connectivity index (χ1n) is 10.2. The Hall–Kier alpha value is -2.95. The average Bonchev–Trinajstić information content (AvgIpc) is 3.12. The standard InChI is InChI=1S/C24H28N2O3/c1-14(2)23-18-11-15(16-9-10-25-22(27)13-16)5-7-19(18)26-24(23)17-6-8-20(28-3)21(12-17)29-4/h5-8,11-12,14,16,26H,9-10,13H2,1-4H3,(H,25,27). The fraction of sp³-hybridized carbons (Fsp3) is 0.375. The van der Waals surface area contributed by atoms with E-state index in [0.29, 0.717) is 18.1 Å². The Morgan fingerprint density at radius 2 is 1.83 bits per heavy atom. The van der Waals surface area contributed by atoms with Crippen LogP contribution in [0.3, 0.4) is 0 Å². The van der Waals surface area contributed by atoms with Crippen LogP contribution in [0.25, 0.3) is 22.2 Å². The molecule has 0 radical (unpaired) electrons. The number of piperidine rings is 1. The summed E-state index contributed by atoms with van der Waals surface area (Å²) in [5.41, 5.74) is 5.82. The van der Waals surface area contributed by atoms with Crippen LogP contribution in [0, 0.1) is 0 Å². The van der Waals surface area contributed by atoms with Crippen molar-refractivity contribution < 1.29 is 14.3 Å². The quantitative estimate of drug-likeness (QED) is 0.644. The van der Waals surface area contributed by atoms with E-state index in [4.69, 9.17) is 9.47 Å². The van der Waals surface area contributed by atoms with Crippen LogP contribution in [0.4, 0.5) is 0 Å². The van der Waals surface area contributed by atoms with Crippen molar-refractivity contribution in [2.75, 3.05) is 20.8 Å². The van der Waals surface area contributed by atoms with Gasteiger partial charge in [-0.2, -0.15) is 0 Å². The maximum absolute atomic E-state index is 11.8. The molecule has 1 saturated heterocycles. The Morgan fingerprint density at radius 1 is 1.03 bits per heavy atom. The van der Waals surface area contributed by atoms with E-state index in [1.807, 2.05) is 12.1 Å². The lowest BCUT2D eigenvalue weighted by atomic mass is 9.88. The Bertz CT molecular complexity index is 1050. The lowest BCUT2D eigenvalue weighted by Crippen LogP contribution is -2.32. The largest absolute Gasteiger partial charge is 0.493 e. The zero-order chi connectivity index (χ0) is 20.5. The molecule has 0 spiro atoms. The molecule has 2 heterocycles. The van der Waals surface area contributed by atoms with E-state index in [9.17, 15) is 4.79 Å². The van der Waals surface area contributed by atoms with Crippen molar-refractivity contribution in [1.82, 2.24) is 10.3 Å². The molecule has 1 aliphatic heterocycles. The SMILES string of the molecule is COc1ccc(-c2[nH]c3ccc(C4CCNC(=O)C4)cc3c2C(C)C)cc1OC. The molecule has 5 nitrogen and oxygen atoms in total. The minimum atomic E-state index is 0.144. The zero-order valence-electron chi connectivity index (χ0n) is 17.5. The lowest BCUT2D eigenvalue weighted by molar-refractivity contribution is -0.122. The number of hydrogen-bond acceptors (Lipinski definition) is 3. The summed E-state index contributed by atoms with van der Waals surface area (Å²) in [5.74, 6) is 2.21. The Kier molecular flexibility index (Phi) is 5.22. The highest BCUT2D eigenvalue weighted by molar-refractivity contribution is 5.92. The number of hydrogen-bond donors (Lipinski definition) is 2. The summed E-state index contributed by atoms with van der Waals surface area (Å²) in [6.45, 7) is 5.18. The summed E-state index contributed by atoms with van der Waals surface area (Å²) in [6.07, 6.45) is 1.55. The first-order valence-corrected chi connectivity index (χ1v) is 10.2. The molecule has 0 saturated carbocycles. The van der Waals surface area contributed by atoms with Crippen LogP contribution in [0.5, 0.6) is 11.5 Å². The van der Waals surface area contributed by atoms with Crippen LogP contribution < -0.4 is 14.8 Å². The van der Waals surface area contributed by atoms with Gasteiger partial charge in [-0.3, -0.25) is 4.79 Å². The minimum absolute atomic E-state index is 0.144. The predicted octanol–water partition coefficient (Wildman–Crippen LogP) is 4.97. The molecule has 0 aliphatic carbocycles. The maximum Gasteiger partial charge on any atom is 0.220 e. The fourth-order valence-corrected chi connectivity index (χ4v) is 4.37. The van der Waals surface area contributed by atoms with Gasteiger partial charge in [-0.05, 0) is 59.7 Å². The molecule has 152 valence electrons. The van der Waals surface area contributed by atoms with Gasteiger partial charge in [0.15, 0.2) is 11.5 Å². The number of rotatable bonds is 5. The van der Waals surface area contributed by atoms with E-state index in [0.717, 1.165) is 35.5 Å². The number of benzene rings is 2. The maximum atomic E-state index is 11.8. The van der Waals surface area contributed by atoms with Crippen LogP contribution in [0.2, 0.25) is 0 Å². The van der Waals surface area contributed by atoms with Crippen LogP contribution in [-0.2, 0) is 4.79 Å². The summed E-state index contributed by atoms with van der Waals surface area (Å²) >= 11 is 0. The van der Waals surface area contributed by atoms with Crippen molar-refractivity contribution in [3.05, 3.63) is 47.5 Å². The van der Waals surface area contributed by atoms with E-state index in [1.54, 1.807) is 14.2 Å². The number of amides is 1. The smallest absolute Gasteiger partial charge is 0.220 e. The molecule has 29 heavy (non-hydrogen) atoms. The van der Waals surface area contributed by atoms with Crippen LogP contribution >= 0.6 is 0 Å². The summed E-state index contributed by atoms with van der Waals surface area (Å²) in [5, 5.41) is 4.16. The minimum Gasteiger partial charge on any atom is -0.493 e. The van der Waals surface area contributed by atoms with Gasteiger partial charge in [0.1, 0.15) is 0 Å². The van der Waals surface area contributed by atoms with Gasteiger partial charge in [0.2, 0.25) is 5.91 Å². The monoisotopic (exact) mass is 392 g/mol. The van der Waals surface area contributed by atoms with Gasteiger partial charge in [0, 0.05) is 29.4 Å². The molecule has 3 aromatic rings. The summed E-state index contributed by atoms with van der Waals surface area (Å²) in [6, 6.07) is 12.6. The Labute approximate surface area is 171 Å². The van der Waals surface area contributed by atoms with Gasteiger partial charge >= 0.3 is 0 Å². The number of aromatic amines is 1. The number of aromatic nitrogens is 1. The number of nitrogens with one attached hydrogen (secondary N) is 2. The van der Waals surface area contributed by atoms with Crippen molar-refractivity contribution in [2.24, 2.45) is 0 Å². The predicted molar refractivity (Wildman–Crippen MR) is 116 cm³/mol. The number of carbonyl (C=O) groups is 1. The van der Waals surface area contributed by atoms with Gasteiger partial charge in [0.25, 0.3) is 0 Å². The Morgan fingerprint density at radius 3 is 2.52 bits per heavy atom. The highest BCUT2D eigenvalue weighted by atomic mass is 16.5. The van der Waals surface area contributed by atoms with Gasteiger partial charge in [-0.1, -0.05) is 19.9 Å². The van der Waals surface area contributed by atoms with Crippen LogP contribution in [-0.4, -0.2) is 31.7 Å². The van der Waals surface area contributed by atoms with E-state index >= 15 is 0 Å². The molecule has 1 amide bonds. The number of methoxy groups -OCH3 is 2. The normalized spacial score (nSPS) is 16.9. The first-order chi connectivity index (χ1) is 14.0. The molecule has 1 atom stereocenters. The molecule has 1 aromatic heterocycles. The van der Waals surface area contributed by atoms with Gasteiger partial charge in [-0.15, -0.1) is 0 Å². The first kappa shape index (κ1) is 19.4. The third kappa shape index (κ3) is 3.57. The van der Waals surface area contributed by atoms with Crippen LogP contribution in [0.15, 0.2) is 36.4 Å². The van der Waals surface area contributed by atoms with Crippen molar-refractivity contribution >= 4 is 16.8 Å². The van der Waals surface area contributed by atoms with E-state index in [1.165, 1.54) is 16.5 Å². The molecule has 4 rings (SSSR count). The molecule has 0 bridgehead atoms. The molecule has 1 unspecified atom stereocenters. The highest BCUT2D eigenvalue weighted by Crippen LogP contribution is 2.40. The molecule has 1 aliphatic rings. The second kappa shape index (κ2) is 7.82. The second-order valence-electron chi connectivity index (χ2n) is 7.98. The van der Waals surface area contributed by atoms with Crippen LogP contribution in [0.1, 0.15) is 49.7 Å². The van der Waals surface area contributed by atoms with Crippen molar-refractivity contribution in [1.29, 1.82) is 0 Å². The van der Waals surface area contributed by atoms with E-state index < -0.39 is 0 Å². The fourth-order valence-electron chi connectivity index (χ4n) is 4.37. The van der Waals surface area contributed by atoms with E-state index in [2.05, 4.69) is 48.4 Å². The third-order valence-electron chi connectivity index (χ3n) is 5.83. The number of H-pyrrole nitrogens is 1. The molecule has 2 N–H and O–H groups in total. The van der Waals surface area contributed by atoms with Crippen molar-refractivity contribution in [2.45, 2.75) is 38.5 Å². The molecule has 5 heteroatoms. The molecule has 1 fully saturated rings. The molecular formula is C24H28N2O3. The number of ether oxygens (including phenoxy) is 2. The summed E-state index contributed by atoms with van der Waals surface area (Å²) < 4.78 is 10.9. The highest BCUT2D eigenvalue weighted by Gasteiger charge is 2.23. The Balaban J connectivity index is 1.83.